The van der Waals surface area contributed by atoms with Crippen LogP contribution in [0, 0.1) is 20.8 Å². The second kappa shape index (κ2) is 11.7. The molecule has 40 heavy (non-hydrogen) atoms. The Kier molecular flexibility index (Phi) is 8.53. The summed E-state index contributed by atoms with van der Waals surface area (Å²) in [5.74, 6) is -0.613. The minimum Gasteiger partial charge on any atom is -0.325 e. The van der Waals surface area contributed by atoms with Crippen LogP contribution in [0.4, 0.5) is 17.1 Å². The van der Waals surface area contributed by atoms with Gasteiger partial charge in [-0.1, -0.05) is 48.0 Å². The second-order valence-corrected chi connectivity index (χ2v) is 13.2. The summed E-state index contributed by atoms with van der Waals surface area (Å²) in [7, 11) is -7.98. The molecule has 0 bridgehead atoms. The number of nitrogens with zero attached hydrogens (tertiary/aromatic N) is 1. The summed E-state index contributed by atoms with van der Waals surface area (Å²) in [6.07, 6.45) is 0. The van der Waals surface area contributed by atoms with Crippen LogP contribution in [-0.2, 0) is 24.8 Å². The number of carbonyl (C=O) groups excluding carboxylic acids is 1. The molecule has 0 heterocycles. The third-order valence-electron chi connectivity index (χ3n) is 6.21. The highest BCUT2D eigenvalue weighted by atomic mass is 35.5. The lowest BCUT2D eigenvalue weighted by atomic mass is 10.1. The van der Waals surface area contributed by atoms with E-state index in [4.69, 9.17) is 11.6 Å². The summed E-state index contributed by atoms with van der Waals surface area (Å²) in [6, 6.07) is 23.6. The van der Waals surface area contributed by atoms with Gasteiger partial charge in [-0.15, -0.1) is 0 Å². The zero-order valence-corrected chi connectivity index (χ0v) is 24.4. The van der Waals surface area contributed by atoms with E-state index in [0.29, 0.717) is 27.6 Å². The fourth-order valence-electron chi connectivity index (χ4n) is 4.14. The number of rotatable bonds is 9. The van der Waals surface area contributed by atoms with Gasteiger partial charge in [-0.2, -0.15) is 0 Å². The van der Waals surface area contributed by atoms with Crippen LogP contribution in [0.15, 0.2) is 101 Å². The van der Waals surface area contributed by atoms with Crippen molar-refractivity contribution >= 4 is 54.6 Å². The van der Waals surface area contributed by atoms with Gasteiger partial charge in [0.25, 0.3) is 20.0 Å². The van der Waals surface area contributed by atoms with E-state index in [1.165, 1.54) is 36.4 Å². The largest absolute Gasteiger partial charge is 0.325 e. The third kappa shape index (κ3) is 6.47. The molecule has 208 valence electrons. The number of hydrogen-bond donors (Lipinski definition) is 2. The summed E-state index contributed by atoms with van der Waals surface area (Å²) in [5, 5.41) is 3.09. The maximum absolute atomic E-state index is 13.6. The molecular formula is C29H28ClN3O5S2. The molecule has 0 aliphatic rings. The first-order chi connectivity index (χ1) is 18.9. The molecule has 0 fully saturated rings. The van der Waals surface area contributed by atoms with Crippen molar-refractivity contribution < 1.29 is 21.6 Å². The van der Waals surface area contributed by atoms with Crippen molar-refractivity contribution in [3.05, 3.63) is 113 Å². The molecule has 0 saturated carbocycles. The summed E-state index contributed by atoms with van der Waals surface area (Å²) >= 11 is 6.08. The van der Waals surface area contributed by atoms with E-state index in [9.17, 15) is 21.6 Å². The molecule has 2 N–H and O–H groups in total. The van der Waals surface area contributed by atoms with E-state index in [-0.39, 0.29) is 9.79 Å². The minimum atomic E-state index is -4.10. The van der Waals surface area contributed by atoms with Gasteiger partial charge in [0.2, 0.25) is 5.91 Å². The Hall–Kier alpha value is -3.86. The quantitative estimate of drug-likeness (QED) is 0.249. The number of carbonyl (C=O) groups is 1. The number of nitrogens with one attached hydrogen (secondary N) is 2. The first-order valence-electron chi connectivity index (χ1n) is 12.2. The molecule has 1 amide bonds. The molecule has 4 aromatic carbocycles. The van der Waals surface area contributed by atoms with Crippen LogP contribution in [0.25, 0.3) is 0 Å². The molecule has 0 spiro atoms. The molecular weight excluding hydrogens is 570 g/mol. The number of aryl methyl sites for hydroxylation is 3. The zero-order chi connectivity index (χ0) is 29.1. The molecule has 0 aliphatic carbocycles. The van der Waals surface area contributed by atoms with Crippen molar-refractivity contribution in [2.45, 2.75) is 30.6 Å². The molecule has 4 rings (SSSR count). The van der Waals surface area contributed by atoms with E-state index in [0.717, 1.165) is 15.4 Å². The van der Waals surface area contributed by atoms with E-state index in [1.54, 1.807) is 43.3 Å². The Morgan fingerprint density at radius 1 is 0.750 bits per heavy atom. The van der Waals surface area contributed by atoms with E-state index in [2.05, 4.69) is 10.0 Å². The first kappa shape index (κ1) is 29.1. The zero-order valence-electron chi connectivity index (χ0n) is 22.1. The molecule has 0 saturated heterocycles. The highest BCUT2D eigenvalue weighted by Gasteiger charge is 2.28. The lowest BCUT2D eigenvalue weighted by molar-refractivity contribution is -0.114. The van der Waals surface area contributed by atoms with Crippen LogP contribution >= 0.6 is 11.6 Å². The van der Waals surface area contributed by atoms with Gasteiger partial charge in [-0.3, -0.25) is 13.8 Å². The average molecular weight is 598 g/mol. The fourth-order valence-corrected chi connectivity index (χ4v) is 7.07. The predicted molar refractivity (Wildman–Crippen MR) is 159 cm³/mol. The Balaban J connectivity index is 1.56. The lowest BCUT2D eigenvalue weighted by Crippen LogP contribution is -2.38. The fraction of sp³-hybridized carbons (Fsp3) is 0.138. The summed E-state index contributed by atoms with van der Waals surface area (Å²) in [5.41, 5.74) is 3.28. The van der Waals surface area contributed by atoms with Gasteiger partial charge in [0.1, 0.15) is 6.54 Å². The van der Waals surface area contributed by atoms with Gasteiger partial charge < -0.3 is 5.32 Å². The number of amides is 1. The maximum atomic E-state index is 13.6. The Morgan fingerprint density at radius 3 is 1.98 bits per heavy atom. The highest BCUT2D eigenvalue weighted by molar-refractivity contribution is 7.93. The van der Waals surface area contributed by atoms with Crippen molar-refractivity contribution in [2.24, 2.45) is 0 Å². The Morgan fingerprint density at radius 2 is 1.38 bits per heavy atom. The lowest BCUT2D eigenvalue weighted by Gasteiger charge is -2.25. The Bertz CT molecular complexity index is 1740. The van der Waals surface area contributed by atoms with E-state index >= 15 is 0 Å². The van der Waals surface area contributed by atoms with Crippen molar-refractivity contribution in [3.8, 4) is 0 Å². The van der Waals surface area contributed by atoms with Gasteiger partial charge >= 0.3 is 0 Å². The van der Waals surface area contributed by atoms with Gasteiger partial charge in [0.15, 0.2) is 0 Å². The topological polar surface area (TPSA) is 113 Å². The molecule has 4 aromatic rings. The second-order valence-electron chi connectivity index (χ2n) is 9.20. The average Bonchev–Trinajstić information content (AvgIpc) is 2.91. The van der Waals surface area contributed by atoms with Crippen molar-refractivity contribution in [1.29, 1.82) is 0 Å². The monoisotopic (exact) mass is 597 g/mol. The SMILES string of the molecule is Cc1cc(Cl)ccc1N(CC(=O)Nc1ccc(S(=O)(=O)Nc2c(C)cccc2C)cc1)S(=O)(=O)c1ccccc1. The number of anilines is 3. The van der Waals surface area contributed by atoms with Gasteiger partial charge in [0, 0.05) is 10.7 Å². The Labute approximate surface area is 239 Å². The maximum Gasteiger partial charge on any atom is 0.264 e. The standard InChI is InChI=1S/C29H28ClN3O5S2/c1-20-8-7-9-21(2)29(20)32-39(35,36)25-15-13-24(14-16-25)31-28(34)19-33(27-17-12-23(30)18-22(27)3)40(37,38)26-10-5-4-6-11-26/h4-18,32H,19H2,1-3H3,(H,31,34). The highest BCUT2D eigenvalue weighted by Crippen LogP contribution is 2.29. The summed E-state index contributed by atoms with van der Waals surface area (Å²) in [6.45, 7) is 4.82. The minimum absolute atomic E-state index is 0.0122. The van der Waals surface area contributed by atoms with Crippen molar-refractivity contribution in [3.63, 3.8) is 0 Å². The van der Waals surface area contributed by atoms with Crippen LogP contribution in [-0.4, -0.2) is 29.3 Å². The number of hydrogen-bond acceptors (Lipinski definition) is 5. The molecule has 0 radical (unpaired) electrons. The third-order valence-corrected chi connectivity index (χ3v) is 9.59. The van der Waals surface area contributed by atoms with Gasteiger partial charge in [-0.25, -0.2) is 16.8 Å². The van der Waals surface area contributed by atoms with Gasteiger partial charge in [-0.05, 0) is 92.1 Å². The molecule has 11 heteroatoms. The molecule has 0 atom stereocenters. The van der Waals surface area contributed by atoms with Crippen LogP contribution in [0.3, 0.4) is 0 Å². The van der Waals surface area contributed by atoms with Crippen LogP contribution < -0.4 is 14.3 Å². The summed E-state index contributed by atoms with van der Waals surface area (Å²) in [4.78, 5) is 13.1. The molecule has 0 aliphatic heterocycles. The van der Waals surface area contributed by atoms with Crippen LogP contribution in [0.1, 0.15) is 16.7 Å². The summed E-state index contributed by atoms with van der Waals surface area (Å²) < 4.78 is 56.7. The number of halogens is 1. The van der Waals surface area contributed by atoms with Crippen LogP contribution in [0.5, 0.6) is 0 Å². The smallest absolute Gasteiger partial charge is 0.264 e. The normalized spacial score (nSPS) is 11.6. The van der Waals surface area contributed by atoms with Crippen molar-refractivity contribution in [2.75, 3.05) is 20.9 Å². The van der Waals surface area contributed by atoms with E-state index < -0.39 is 32.5 Å². The first-order valence-corrected chi connectivity index (χ1v) is 15.5. The van der Waals surface area contributed by atoms with E-state index in [1.807, 2.05) is 32.0 Å². The number of para-hydroxylation sites is 1. The molecule has 0 aromatic heterocycles. The predicted octanol–water partition coefficient (Wildman–Crippen LogP) is 5.90. The number of sulfonamides is 2. The molecule has 8 nitrogen and oxygen atoms in total. The van der Waals surface area contributed by atoms with Crippen LogP contribution in [0.2, 0.25) is 5.02 Å². The molecule has 0 unspecified atom stereocenters. The van der Waals surface area contributed by atoms with Crippen molar-refractivity contribution in [1.82, 2.24) is 0 Å². The number of benzene rings is 4. The van der Waals surface area contributed by atoms with Gasteiger partial charge in [0.05, 0.1) is 21.2 Å².